The van der Waals surface area contributed by atoms with E-state index in [0.717, 1.165) is 17.6 Å². The Kier molecular flexibility index (Phi) is 3.33. The van der Waals surface area contributed by atoms with Crippen molar-refractivity contribution in [3.63, 3.8) is 0 Å². The van der Waals surface area contributed by atoms with Crippen molar-refractivity contribution in [1.82, 2.24) is 4.57 Å². The third-order valence-electron chi connectivity index (χ3n) is 3.68. The van der Waals surface area contributed by atoms with Crippen LogP contribution in [0.25, 0.3) is 10.9 Å². The molecule has 20 heavy (non-hydrogen) atoms. The first kappa shape index (κ1) is 12.9. The minimum Gasteiger partial charge on any atom is -0.392 e. The number of aromatic nitrogens is 1. The predicted molar refractivity (Wildman–Crippen MR) is 82.9 cm³/mol. The summed E-state index contributed by atoms with van der Waals surface area (Å²) in [6.07, 6.45) is 2.10. The van der Waals surface area contributed by atoms with Crippen molar-refractivity contribution in [2.45, 2.75) is 27.0 Å². The van der Waals surface area contributed by atoms with Gasteiger partial charge in [-0.05, 0) is 30.9 Å². The van der Waals surface area contributed by atoms with Crippen LogP contribution < -0.4 is 0 Å². The molecule has 3 aromatic rings. The fourth-order valence-electron chi connectivity index (χ4n) is 2.96. The number of rotatable bonds is 3. The number of benzene rings is 2. The molecule has 0 amide bonds. The monoisotopic (exact) mass is 265 g/mol. The SMILES string of the molecule is Cc1cc(C)cc(Cn2ccc3cccc(CO)c32)c1. The molecule has 1 N–H and O–H groups in total. The maximum absolute atomic E-state index is 9.52. The molecule has 1 heterocycles. The highest BCUT2D eigenvalue weighted by molar-refractivity contribution is 5.83. The van der Waals surface area contributed by atoms with Gasteiger partial charge in [-0.25, -0.2) is 0 Å². The summed E-state index contributed by atoms with van der Waals surface area (Å²) in [5.74, 6) is 0. The highest BCUT2D eigenvalue weighted by Gasteiger charge is 2.06. The molecule has 0 saturated carbocycles. The summed E-state index contributed by atoms with van der Waals surface area (Å²) in [6, 6.07) is 14.8. The first-order valence-electron chi connectivity index (χ1n) is 6.92. The van der Waals surface area contributed by atoms with Crippen LogP contribution in [0, 0.1) is 13.8 Å². The normalized spacial score (nSPS) is 11.2. The van der Waals surface area contributed by atoms with Crippen molar-refractivity contribution in [3.05, 3.63) is 70.9 Å². The Morgan fingerprint density at radius 2 is 1.75 bits per heavy atom. The van der Waals surface area contributed by atoms with Crippen LogP contribution >= 0.6 is 0 Å². The van der Waals surface area contributed by atoms with Crippen LogP contribution in [0.1, 0.15) is 22.3 Å². The predicted octanol–water partition coefficient (Wildman–Crippen LogP) is 3.80. The molecule has 0 aliphatic rings. The molecule has 0 bridgehead atoms. The van der Waals surface area contributed by atoms with E-state index in [9.17, 15) is 5.11 Å². The second-order valence-electron chi connectivity index (χ2n) is 5.45. The summed E-state index contributed by atoms with van der Waals surface area (Å²) in [5, 5.41) is 10.7. The van der Waals surface area contributed by atoms with Crippen molar-refractivity contribution in [2.24, 2.45) is 0 Å². The highest BCUT2D eigenvalue weighted by atomic mass is 16.3. The van der Waals surface area contributed by atoms with E-state index in [1.165, 1.54) is 22.1 Å². The Morgan fingerprint density at radius 1 is 1.00 bits per heavy atom. The quantitative estimate of drug-likeness (QED) is 0.765. The van der Waals surface area contributed by atoms with Gasteiger partial charge in [0.15, 0.2) is 0 Å². The first-order valence-corrected chi connectivity index (χ1v) is 6.92. The zero-order chi connectivity index (χ0) is 14.1. The van der Waals surface area contributed by atoms with Gasteiger partial charge in [0.05, 0.1) is 12.1 Å². The van der Waals surface area contributed by atoms with Crippen LogP contribution in [0.5, 0.6) is 0 Å². The van der Waals surface area contributed by atoms with Crippen LogP contribution in [-0.2, 0) is 13.2 Å². The number of aliphatic hydroxyl groups excluding tert-OH is 1. The largest absolute Gasteiger partial charge is 0.392 e. The van der Waals surface area contributed by atoms with Crippen LogP contribution in [0.15, 0.2) is 48.7 Å². The van der Waals surface area contributed by atoms with Gasteiger partial charge in [0.1, 0.15) is 0 Å². The first-order chi connectivity index (χ1) is 9.67. The van der Waals surface area contributed by atoms with Crippen LogP contribution in [0.2, 0.25) is 0 Å². The number of aliphatic hydroxyl groups is 1. The van der Waals surface area contributed by atoms with Gasteiger partial charge < -0.3 is 9.67 Å². The van der Waals surface area contributed by atoms with E-state index in [1.54, 1.807) is 0 Å². The smallest absolute Gasteiger partial charge is 0.0702 e. The van der Waals surface area contributed by atoms with Crippen molar-refractivity contribution in [3.8, 4) is 0 Å². The third-order valence-corrected chi connectivity index (χ3v) is 3.68. The van der Waals surface area contributed by atoms with Crippen molar-refractivity contribution >= 4 is 10.9 Å². The van der Waals surface area contributed by atoms with Crippen molar-refractivity contribution < 1.29 is 5.11 Å². The molecule has 0 aliphatic carbocycles. The lowest BCUT2D eigenvalue weighted by molar-refractivity contribution is 0.283. The summed E-state index contributed by atoms with van der Waals surface area (Å²) in [6.45, 7) is 5.17. The molecule has 0 spiro atoms. The molecule has 102 valence electrons. The van der Waals surface area contributed by atoms with Gasteiger partial charge in [-0.15, -0.1) is 0 Å². The maximum atomic E-state index is 9.52. The highest BCUT2D eigenvalue weighted by Crippen LogP contribution is 2.22. The minimum absolute atomic E-state index is 0.0776. The van der Waals surface area contributed by atoms with Gasteiger partial charge in [-0.3, -0.25) is 0 Å². The lowest BCUT2D eigenvalue weighted by atomic mass is 10.1. The minimum atomic E-state index is 0.0776. The standard InChI is InChI=1S/C18H19NO/c1-13-8-14(2)10-15(9-13)11-19-7-6-16-4-3-5-17(12-20)18(16)19/h3-10,20H,11-12H2,1-2H3. The van der Waals surface area contributed by atoms with Crippen LogP contribution in [0.4, 0.5) is 0 Å². The number of nitrogens with zero attached hydrogens (tertiary/aromatic N) is 1. The topological polar surface area (TPSA) is 25.2 Å². The number of para-hydroxylation sites is 1. The van der Waals surface area contributed by atoms with Gasteiger partial charge in [0.25, 0.3) is 0 Å². The average Bonchev–Trinajstić information content (AvgIpc) is 2.81. The number of hydrogen-bond donors (Lipinski definition) is 1. The van der Waals surface area contributed by atoms with E-state index < -0.39 is 0 Å². The summed E-state index contributed by atoms with van der Waals surface area (Å²) in [4.78, 5) is 0. The molecule has 1 aromatic heterocycles. The van der Waals surface area contributed by atoms with E-state index in [4.69, 9.17) is 0 Å². The molecule has 0 atom stereocenters. The zero-order valence-electron chi connectivity index (χ0n) is 11.9. The summed E-state index contributed by atoms with van der Waals surface area (Å²) >= 11 is 0. The second kappa shape index (κ2) is 5.14. The Labute approximate surface area is 119 Å². The van der Waals surface area contributed by atoms with E-state index in [-0.39, 0.29) is 6.61 Å². The van der Waals surface area contributed by atoms with Gasteiger partial charge in [-0.2, -0.15) is 0 Å². The van der Waals surface area contributed by atoms with E-state index in [0.29, 0.717) is 0 Å². The van der Waals surface area contributed by atoms with E-state index in [2.05, 4.69) is 54.9 Å². The van der Waals surface area contributed by atoms with Crippen molar-refractivity contribution in [2.75, 3.05) is 0 Å². The Morgan fingerprint density at radius 3 is 2.45 bits per heavy atom. The molecule has 2 aromatic carbocycles. The number of aryl methyl sites for hydroxylation is 2. The third kappa shape index (κ3) is 2.35. The Bertz CT molecular complexity index is 735. The van der Waals surface area contributed by atoms with E-state index >= 15 is 0 Å². The van der Waals surface area contributed by atoms with Gasteiger partial charge in [0.2, 0.25) is 0 Å². The molecule has 0 fully saturated rings. The fraction of sp³-hybridized carbons (Fsp3) is 0.222. The Hall–Kier alpha value is -2.06. The van der Waals surface area contributed by atoms with Gasteiger partial charge >= 0.3 is 0 Å². The van der Waals surface area contributed by atoms with Gasteiger partial charge in [-0.1, -0.05) is 47.5 Å². The molecule has 0 aliphatic heterocycles. The van der Waals surface area contributed by atoms with E-state index in [1.807, 2.05) is 12.1 Å². The average molecular weight is 265 g/mol. The molecular weight excluding hydrogens is 246 g/mol. The molecule has 2 heteroatoms. The van der Waals surface area contributed by atoms with Crippen LogP contribution in [-0.4, -0.2) is 9.67 Å². The summed E-state index contributed by atoms with van der Waals surface area (Å²) < 4.78 is 2.22. The number of hydrogen-bond acceptors (Lipinski definition) is 1. The Balaban J connectivity index is 2.06. The molecule has 3 rings (SSSR count). The number of fused-ring (bicyclic) bond motifs is 1. The summed E-state index contributed by atoms with van der Waals surface area (Å²) in [7, 11) is 0. The molecule has 2 nitrogen and oxygen atoms in total. The lowest BCUT2D eigenvalue weighted by Gasteiger charge is -2.10. The fourth-order valence-corrected chi connectivity index (χ4v) is 2.96. The molecule has 0 saturated heterocycles. The lowest BCUT2D eigenvalue weighted by Crippen LogP contribution is -2.01. The maximum Gasteiger partial charge on any atom is 0.0702 e. The van der Waals surface area contributed by atoms with Crippen LogP contribution in [0.3, 0.4) is 0 Å². The molecule has 0 unspecified atom stereocenters. The second-order valence-corrected chi connectivity index (χ2v) is 5.45. The van der Waals surface area contributed by atoms with Crippen molar-refractivity contribution in [1.29, 1.82) is 0 Å². The molecule has 0 radical (unpaired) electrons. The van der Waals surface area contributed by atoms with Gasteiger partial charge in [0, 0.05) is 18.3 Å². The zero-order valence-corrected chi connectivity index (χ0v) is 11.9. The molecular formula is C18H19NO. The summed E-state index contributed by atoms with van der Waals surface area (Å²) in [5.41, 5.74) is 6.00.